The summed E-state index contributed by atoms with van der Waals surface area (Å²) in [4.78, 5) is 15.4. The number of nitrogens with two attached hydrogens (primary N) is 1. The van der Waals surface area contributed by atoms with Gasteiger partial charge in [-0.2, -0.15) is 0 Å². The molecule has 0 saturated heterocycles. The Morgan fingerprint density at radius 1 is 1.60 bits per heavy atom. The zero-order chi connectivity index (χ0) is 11.1. The third-order valence-corrected chi connectivity index (χ3v) is 1.77. The fraction of sp³-hybridized carbons (Fsp3) is 0.333. The van der Waals surface area contributed by atoms with Gasteiger partial charge in [-0.3, -0.25) is 4.79 Å². The number of amides is 1. The Labute approximate surface area is 87.8 Å². The van der Waals surface area contributed by atoms with Gasteiger partial charge in [-0.25, -0.2) is 10.8 Å². The lowest BCUT2D eigenvalue weighted by Gasteiger charge is -2.04. The number of hydrogen-bond donors (Lipinski definition) is 3. The van der Waals surface area contributed by atoms with Gasteiger partial charge in [0.1, 0.15) is 5.82 Å². The number of anilines is 1. The summed E-state index contributed by atoms with van der Waals surface area (Å²) in [7, 11) is 1.58. The average molecular weight is 210 g/mol. The second-order valence-corrected chi connectivity index (χ2v) is 2.83. The van der Waals surface area contributed by atoms with Crippen LogP contribution in [-0.4, -0.2) is 31.2 Å². The lowest BCUT2D eigenvalue weighted by atomic mass is 10.2. The maximum Gasteiger partial charge on any atom is 0.252 e. The number of carbonyl (C=O) groups excluding carboxylic acids is 1. The van der Waals surface area contributed by atoms with Crippen LogP contribution in [0.25, 0.3) is 0 Å². The molecule has 0 aliphatic heterocycles. The molecular formula is C9H14N4O2. The molecule has 82 valence electrons. The molecule has 0 saturated carbocycles. The molecule has 0 unspecified atom stereocenters. The minimum Gasteiger partial charge on any atom is -0.383 e. The second-order valence-electron chi connectivity index (χ2n) is 2.83. The van der Waals surface area contributed by atoms with Crippen LogP contribution in [0.4, 0.5) is 5.82 Å². The zero-order valence-electron chi connectivity index (χ0n) is 8.49. The fourth-order valence-electron chi connectivity index (χ4n) is 0.982. The highest BCUT2D eigenvalue weighted by molar-refractivity contribution is 5.93. The Bertz CT molecular complexity index is 312. The molecule has 0 atom stereocenters. The number of nitrogen functional groups attached to an aromatic ring is 1. The van der Waals surface area contributed by atoms with E-state index in [0.717, 1.165) is 0 Å². The number of pyridine rings is 1. The highest BCUT2D eigenvalue weighted by atomic mass is 16.5. The Hall–Kier alpha value is -1.66. The minimum atomic E-state index is -0.178. The molecule has 0 spiro atoms. The number of carbonyl (C=O) groups is 1. The molecule has 4 N–H and O–H groups in total. The molecule has 0 aliphatic carbocycles. The van der Waals surface area contributed by atoms with Gasteiger partial charge in [-0.15, -0.1) is 0 Å². The van der Waals surface area contributed by atoms with E-state index in [4.69, 9.17) is 10.6 Å². The van der Waals surface area contributed by atoms with Gasteiger partial charge < -0.3 is 15.5 Å². The van der Waals surface area contributed by atoms with E-state index in [2.05, 4.69) is 15.7 Å². The molecular weight excluding hydrogens is 196 g/mol. The quantitative estimate of drug-likeness (QED) is 0.354. The number of methoxy groups -OCH3 is 1. The molecule has 6 nitrogen and oxygen atoms in total. The van der Waals surface area contributed by atoms with Crippen LogP contribution in [0, 0.1) is 0 Å². The highest BCUT2D eigenvalue weighted by Crippen LogP contribution is 2.02. The number of nitrogens with zero attached hydrogens (tertiary/aromatic N) is 1. The number of hydrazine groups is 1. The van der Waals surface area contributed by atoms with Crippen molar-refractivity contribution < 1.29 is 9.53 Å². The van der Waals surface area contributed by atoms with Crippen molar-refractivity contribution in [3.63, 3.8) is 0 Å². The van der Waals surface area contributed by atoms with Crippen LogP contribution in [0.3, 0.4) is 0 Å². The minimum absolute atomic E-state index is 0.178. The zero-order valence-corrected chi connectivity index (χ0v) is 8.49. The van der Waals surface area contributed by atoms with E-state index in [9.17, 15) is 4.79 Å². The molecule has 1 heterocycles. The van der Waals surface area contributed by atoms with Crippen LogP contribution in [0.5, 0.6) is 0 Å². The van der Waals surface area contributed by atoms with Gasteiger partial charge in [-0.05, 0) is 12.1 Å². The van der Waals surface area contributed by atoms with E-state index >= 15 is 0 Å². The maximum absolute atomic E-state index is 11.5. The molecule has 1 rings (SSSR count). The van der Waals surface area contributed by atoms with Crippen molar-refractivity contribution in [3.8, 4) is 0 Å². The van der Waals surface area contributed by atoms with Gasteiger partial charge >= 0.3 is 0 Å². The molecule has 0 fully saturated rings. The van der Waals surface area contributed by atoms with Gasteiger partial charge in [0.05, 0.1) is 12.2 Å². The second kappa shape index (κ2) is 5.94. The molecule has 0 aromatic carbocycles. The van der Waals surface area contributed by atoms with Crippen molar-refractivity contribution >= 4 is 11.7 Å². The van der Waals surface area contributed by atoms with Crippen LogP contribution in [0.2, 0.25) is 0 Å². The standard InChI is InChI=1S/C9H14N4O2/c1-15-5-4-11-9(14)7-2-3-8(13-10)12-6-7/h2-3,6H,4-5,10H2,1H3,(H,11,14)(H,12,13). The third kappa shape index (κ3) is 3.53. The molecule has 0 bridgehead atoms. The van der Waals surface area contributed by atoms with Crippen molar-refractivity contribution in [2.75, 3.05) is 25.7 Å². The van der Waals surface area contributed by atoms with Crippen LogP contribution in [-0.2, 0) is 4.74 Å². The molecule has 0 aliphatic rings. The summed E-state index contributed by atoms with van der Waals surface area (Å²) in [6.07, 6.45) is 1.46. The topological polar surface area (TPSA) is 89.3 Å². The predicted octanol–water partition coefficient (Wildman–Crippen LogP) is -0.257. The first-order valence-corrected chi connectivity index (χ1v) is 4.47. The van der Waals surface area contributed by atoms with E-state index in [1.54, 1.807) is 19.2 Å². The average Bonchev–Trinajstić information content (AvgIpc) is 2.29. The Morgan fingerprint density at radius 3 is 2.93 bits per heavy atom. The number of nitrogens with one attached hydrogen (secondary N) is 2. The first-order valence-electron chi connectivity index (χ1n) is 4.47. The third-order valence-electron chi connectivity index (χ3n) is 1.77. The number of ether oxygens (including phenoxy) is 1. The molecule has 1 aromatic rings. The Balaban J connectivity index is 2.50. The Kier molecular flexibility index (Phi) is 4.52. The predicted molar refractivity (Wildman–Crippen MR) is 56.3 cm³/mol. The smallest absolute Gasteiger partial charge is 0.252 e. The summed E-state index contributed by atoms with van der Waals surface area (Å²) in [6, 6.07) is 3.27. The number of aromatic nitrogens is 1. The fourth-order valence-corrected chi connectivity index (χ4v) is 0.982. The molecule has 1 amide bonds. The van der Waals surface area contributed by atoms with Gasteiger partial charge in [0.15, 0.2) is 0 Å². The highest BCUT2D eigenvalue weighted by Gasteiger charge is 2.04. The van der Waals surface area contributed by atoms with E-state index in [0.29, 0.717) is 24.5 Å². The summed E-state index contributed by atoms with van der Waals surface area (Å²) in [5, 5.41) is 2.68. The van der Waals surface area contributed by atoms with E-state index in [1.807, 2.05) is 0 Å². The SMILES string of the molecule is COCCNC(=O)c1ccc(NN)nc1. The monoisotopic (exact) mass is 210 g/mol. The molecule has 15 heavy (non-hydrogen) atoms. The van der Waals surface area contributed by atoms with Gasteiger partial charge in [0.25, 0.3) is 5.91 Å². The van der Waals surface area contributed by atoms with E-state index in [1.165, 1.54) is 6.20 Å². The summed E-state index contributed by atoms with van der Waals surface area (Å²) >= 11 is 0. The lowest BCUT2D eigenvalue weighted by Crippen LogP contribution is -2.27. The van der Waals surface area contributed by atoms with Gasteiger partial charge in [0.2, 0.25) is 0 Å². The van der Waals surface area contributed by atoms with Crippen LogP contribution in [0.15, 0.2) is 18.3 Å². The molecule has 1 aromatic heterocycles. The number of rotatable bonds is 5. The van der Waals surface area contributed by atoms with E-state index < -0.39 is 0 Å². The molecule has 0 radical (unpaired) electrons. The van der Waals surface area contributed by atoms with E-state index in [-0.39, 0.29) is 5.91 Å². The van der Waals surface area contributed by atoms with Crippen LogP contribution in [0.1, 0.15) is 10.4 Å². The maximum atomic E-state index is 11.5. The largest absolute Gasteiger partial charge is 0.383 e. The van der Waals surface area contributed by atoms with Crippen molar-refractivity contribution in [1.82, 2.24) is 10.3 Å². The van der Waals surface area contributed by atoms with Crippen molar-refractivity contribution in [2.45, 2.75) is 0 Å². The van der Waals surface area contributed by atoms with Gasteiger partial charge in [0, 0.05) is 19.9 Å². The van der Waals surface area contributed by atoms with Crippen molar-refractivity contribution in [2.24, 2.45) is 5.84 Å². The first-order chi connectivity index (χ1) is 7.27. The van der Waals surface area contributed by atoms with Crippen molar-refractivity contribution in [3.05, 3.63) is 23.9 Å². The van der Waals surface area contributed by atoms with Crippen molar-refractivity contribution in [1.29, 1.82) is 0 Å². The summed E-state index contributed by atoms with van der Waals surface area (Å²) < 4.78 is 4.81. The lowest BCUT2D eigenvalue weighted by molar-refractivity contribution is 0.0937. The summed E-state index contributed by atoms with van der Waals surface area (Å²) in [5.74, 6) is 5.48. The summed E-state index contributed by atoms with van der Waals surface area (Å²) in [6.45, 7) is 0.966. The first kappa shape index (κ1) is 11.4. The van der Waals surface area contributed by atoms with Crippen LogP contribution < -0.4 is 16.6 Å². The normalized spacial score (nSPS) is 9.73. The number of hydrogen-bond acceptors (Lipinski definition) is 5. The summed E-state index contributed by atoms with van der Waals surface area (Å²) in [5.41, 5.74) is 2.87. The van der Waals surface area contributed by atoms with Crippen LogP contribution >= 0.6 is 0 Å². The molecule has 6 heteroatoms. The van der Waals surface area contributed by atoms with Gasteiger partial charge in [-0.1, -0.05) is 0 Å². The Morgan fingerprint density at radius 2 is 2.40 bits per heavy atom.